The summed E-state index contributed by atoms with van der Waals surface area (Å²) in [6, 6.07) is 6.90. The molecular formula is C14H15N3O3. The number of fused-ring (bicyclic) bond motifs is 1. The zero-order valence-electron chi connectivity index (χ0n) is 10.9. The highest BCUT2D eigenvalue weighted by atomic mass is 16.2. The molecule has 1 atom stereocenters. The first-order valence-corrected chi connectivity index (χ1v) is 6.59. The SMILES string of the molecule is O=C1NC(=O)[C@@H](CCC(=O)N2Cc3ccccc3C2)N1. The zero-order chi connectivity index (χ0) is 14.1. The first kappa shape index (κ1) is 12.7. The fourth-order valence-electron chi connectivity index (χ4n) is 2.60. The van der Waals surface area contributed by atoms with Gasteiger partial charge in [-0.3, -0.25) is 14.9 Å². The Kier molecular flexibility index (Phi) is 3.14. The number of hydrogen-bond acceptors (Lipinski definition) is 3. The lowest BCUT2D eigenvalue weighted by Gasteiger charge is -2.16. The van der Waals surface area contributed by atoms with Crippen molar-refractivity contribution in [1.82, 2.24) is 15.5 Å². The van der Waals surface area contributed by atoms with Gasteiger partial charge in [0.15, 0.2) is 0 Å². The van der Waals surface area contributed by atoms with E-state index in [1.54, 1.807) is 4.90 Å². The number of carbonyl (C=O) groups excluding carboxylic acids is 3. The number of rotatable bonds is 3. The Bertz CT molecular complexity index is 560. The normalized spacial score (nSPS) is 20.6. The maximum atomic E-state index is 12.1. The second kappa shape index (κ2) is 4.96. The van der Waals surface area contributed by atoms with Gasteiger partial charge in [0.2, 0.25) is 5.91 Å². The molecule has 1 saturated heterocycles. The molecule has 2 aliphatic rings. The second-order valence-electron chi connectivity index (χ2n) is 5.07. The third-order valence-electron chi connectivity index (χ3n) is 3.70. The van der Waals surface area contributed by atoms with E-state index in [1.165, 1.54) is 11.1 Å². The summed E-state index contributed by atoms with van der Waals surface area (Å²) in [6.07, 6.45) is 0.593. The molecule has 2 heterocycles. The van der Waals surface area contributed by atoms with E-state index >= 15 is 0 Å². The molecule has 20 heavy (non-hydrogen) atoms. The summed E-state index contributed by atoms with van der Waals surface area (Å²) in [4.78, 5) is 36.3. The van der Waals surface area contributed by atoms with Crippen LogP contribution in [0.2, 0.25) is 0 Å². The van der Waals surface area contributed by atoms with Gasteiger partial charge in [-0.15, -0.1) is 0 Å². The van der Waals surface area contributed by atoms with Crippen LogP contribution >= 0.6 is 0 Å². The summed E-state index contributed by atoms with van der Waals surface area (Å²) in [5.74, 6) is -0.345. The van der Waals surface area contributed by atoms with Gasteiger partial charge in [-0.05, 0) is 17.5 Å². The van der Waals surface area contributed by atoms with E-state index in [1.807, 2.05) is 24.3 Å². The number of carbonyl (C=O) groups is 3. The van der Waals surface area contributed by atoms with Gasteiger partial charge in [0.05, 0.1) is 0 Å². The Morgan fingerprint density at radius 2 is 1.85 bits per heavy atom. The lowest BCUT2D eigenvalue weighted by atomic mass is 10.1. The lowest BCUT2D eigenvalue weighted by Crippen LogP contribution is -2.32. The van der Waals surface area contributed by atoms with E-state index in [-0.39, 0.29) is 18.2 Å². The van der Waals surface area contributed by atoms with Crippen molar-refractivity contribution in [2.45, 2.75) is 32.0 Å². The third kappa shape index (κ3) is 2.36. The molecule has 0 spiro atoms. The molecule has 0 radical (unpaired) electrons. The zero-order valence-corrected chi connectivity index (χ0v) is 10.9. The van der Waals surface area contributed by atoms with Crippen molar-refractivity contribution < 1.29 is 14.4 Å². The van der Waals surface area contributed by atoms with E-state index in [2.05, 4.69) is 10.6 Å². The van der Waals surface area contributed by atoms with Gasteiger partial charge in [-0.25, -0.2) is 4.79 Å². The van der Waals surface area contributed by atoms with E-state index in [0.29, 0.717) is 19.5 Å². The number of nitrogens with one attached hydrogen (secondary N) is 2. The van der Waals surface area contributed by atoms with Crippen LogP contribution in [0.1, 0.15) is 24.0 Å². The predicted molar refractivity (Wildman–Crippen MR) is 70.4 cm³/mol. The van der Waals surface area contributed by atoms with Crippen LogP contribution in [0.25, 0.3) is 0 Å². The fourth-order valence-corrected chi connectivity index (χ4v) is 2.60. The monoisotopic (exact) mass is 273 g/mol. The molecule has 0 bridgehead atoms. The first-order valence-electron chi connectivity index (χ1n) is 6.59. The van der Waals surface area contributed by atoms with Crippen molar-refractivity contribution >= 4 is 17.8 Å². The Hall–Kier alpha value is -2.37. The van der Waals surface area contributed by atoms with Gasteiger partial charge >= 0.3 is 6.03 Å². The molecule has 0 saturated carbocycles. The molecule has 1 fully saturated rings. The number of imide groups is 1. The van der Waals surface area contributed by atoms with Crippen LogP contribution in [0, 0.1) is 0 Å². The molecule has 4 amide bonds. The highest BCUT2D eigenvalue weighted by Gasteiger charge is 2.30. The Morgan fingerprint density at radius 1 is 1.20 bits per heavy atom. The summed E-state index contributed by atoms with van der Waals surface area (Å²) in [5, 5.41) is 4.66. The quantitative estimate of drug-likeness (QED) is 0.788. The predicted octanol–water partition coefficient (Wildman–Crippen LogP) is 0.517. The molecular weight excluding hydrogens is 258 g/mol. The topological polar surface area (TPSA) is 78.5 Å². The molecule has 0 aliphatic carbocycles. The van der Waals surface area contributed by atoms with Gasteiger partial charge < -0.3 is 10.2 Å². The average Bonchev–Trinajstić information content (AvgIpc) is 2.99. The number of amides is 4. The maximum Gasteiger partial charge on any atom is 0.322 e. The van der Waals surface area contributed by atoms with Crippen molar-refractivity contribution in [3.8, 4) is 0 Å². The van der Waals surface area contributed by atoms with Gasteiger partial charge in [0, 0.05) is 19.5 Å². The van der Waals surface area contributed by atoms with Crippen LogP contribution in [-0.4, -0.2) is 28.8 Å². The minimum absolute atomic E-state index is 0.00940. The summed E-state index contributed by atoms with van der Waals surface area (Å²) in [7, 11) is 0. The molecule has 2 aliphatic heterocycles. The van der Waals surface area contributed by atoms with Crippen LogP contribution in [0.5, 0.6) is 0 Å². The van der Waals surface area contributed by atoms with Crippen molar-refractivity contribution in [2.24, 2.45) is 0 Å². The summed E-state index contributed by atoms with van der Waals surface area (Å²) in [5.41, 5.74) is 2.35. The number of benzene rings is 1. The van der Waals surface area contributed by atoms with Crippen LogP contribution in [-0.2, 0) is 22.7 Å². The molecule has 0 unspecified atom stereocenters. The molecule has 0 aromatic heterocycles. The van der Waals surface area contributed by atoms with Crippen LogP contribution in [0.15, 0.2) is 24.3 Å². The molecule has 6 heteroatoms. The highest BCUT2D eigenvalue weighted by Crippen LogP contribution is 2.23. The van der Waals surface area contributed by atoms with Gasteiger partial charge in [0.25, 0.3) is 5.91 Å². The van der Waals surface area contributed by atoms with E-state index in [4.69, 9.17) is 0 Å². The number of hydrogen-bond donors (Lipinski definition) is 2. The standard InChI is InChI=1S/C14H15N3O3/c18-12(6-5-11-13(19)16-14(20)15-11)17-7-9-3-1-2-4-10(9)8-17/h1-4,11H,5-8H2,(H2,15,16,19,20)/t11-/m1/s1. The minimum Gasteiger partial charge on any atom is -0.334 e. The Morgan fingerprint density at radius 3 is 2.40 bits per heavy atom. The van der Waals surface area contributed by atoms with Crippen LogP contribution < -0.4 is 10.6 Å². The molecule has 2 N–H and O–H groups in total. The summed E-state index contributed by atoms with van der Waals surface area (Å²) < 4.78 is 0. The van der Waals surface area contributed by atoms with Gasteiger partial charge in [-0.2, -0.15) is 0 Å². The Balaban J connectivity index is 1.54. The van der Waals surface area contributed by atoms with Gasteiger partial charge in [-0.1, -0.05) is 24.3 Å². The second-order valence-corrected chi connectivity index (χ2v) is 5.07. The van der Waals surface area contributed by atoms with Crippen molar-refractivity contribution in [3.05, 3.63) is 35.4 Å². The summed E-state index contributed by atoms with van der Waals surface area (Å²) >= 11 is 0. The average molecular weight is 273 g/mol. The molecule has 1 aromatic carbocycles. The van der Waals surface area contributed by atoms with Gasteiger partial charge in [0.1, 0.15) is 6.04 Å². The van der Waals surface area contributed by atoms with Crippen LogP contribution in [0.3, 0.4) is 0 Å². The lowest BCUT2D eigenvalue weighted by molar-refractivity contribution is -0.132. The van der Waals surface area contributed by atoms with Crippen molar-refractivity contribution in [3.63, 3.8) is 0 Å². The minimum atomic E-state index is -0.587. The van der Waals surface area contributed by atoms with Crippen molar-refractivity contribution in [1.29, 1.82) is 0 Å². The van der Waals surface area contributed by atoms with Crippen molar-refractivity contribution in [2.75, 3.05) is 0 Å². The molecule has 104 valence electrons. The van der Waals surface area contributed by atoms with E-state index in [9.17, 15) is 14.4 Å². The van der Waals surface area contributed by atoms with E-state index < -0.39 is 12.1 Å². The van der Waals surface area contributed by atoms with E-state index in [0.717, 1.165) is 0 Å². The molecule has 6 nitrogen and oxygen atoms in total. The first-order chi connectivity index (χ1) is 9.63. The molecule has 1 aromatic rings. The number of urea groups is 1. The smallest absolute Gasteiger partial charge is 0.322 e. The number of nitrogens with zero attached hydrogens (tertiary/aromatic N) is 1. The maximum absolute atomic E-state index is 12.1. The molecule has 3 rings (SSSR count). The Labute approximate surface area is 116 Å². The van der Waals surface area contributed by atoms with Crippen LogP contribution in [0.4, 0.5) is 4.79 Å². The largest absolute Gasteiger partial charge is 0.334 e. The third-order valence-corrected chi connectivity index (χ3v) is 3.70. The highest BCUT2D eigenvalue weighted by molar-refractivity contribution is 6.04. The fraction of sp³-hybridized carbons (Fsp3) is 0.357. The summed E-state index contributed by atoms with van der Waals surface area (Å²) in [6.45, 7) is 1.25.